The van der Waals surface area contributed by atoms with Gasteiger partial charge in [-0.15, -0.1) is 11.8 Å². The second-order valence-electron chi connectivity index (χ2n) is 0.717. The summed E-state index contributed by atoms with van der Waals surface area (Å²) in [4.78, 5) is 0. The van der Waals surface area contributed by atoms with Gasteiger partial charge in [0.15, 0.2) is 5.44 Å². The molecule has 0 heterocycles. The van der Waals surface area contributed by atoms with Crippen molar-refractivity contribution in [3.8, 4) is 6.07 Å². The number of thioether (sulfide) groups is 1. The van der Waals surface area contributed by atoms with E-state index in [0.717, 1.165) is 11.8 Å². The molecule has 0 aromatic carbocycles. The summed E-state index contributed by atoms with van der Waals surface area (Å²) >= 11 is 1.12. The summed E-state index contributed by atoms with van der Waals surface area (Å²) < 4.78 is 0. The zero-order valence-electron chi connectivity index (χ0n) is 3.38. The van der Waals surface area contributed by atoms with Crippen LogP contribution >= 0.6 is 11.8 Å². The molecular formula is C3H5NOS. The van der Waals surface area contributed by atoms with Gasteiger partial charge in [0.2, 0.25) is 0 Å². The van der Waals surface area contributed by atoms with Gasteiger partial charge >= 0.3 is 0 Å². The molecular weight excluding hydrogens is 98.1 g/mol. The topological polar surface area (TPSA) is 44.0 Å². The van der Waals surface area contributed by atoms with Crippen molar-refractivity contribution in [3.63, 3.8) is 0 Å². The Kier molecular flexibility index (Phi) is 2.91. The fourth-order valence-corrected chi connectivity index (χ4v) is 0.158. The molecule has 0 aromatic heterocycles. The molecule has 0 aliphatic rings. The summed E-state index contributed by atoms with van der Waals surface area (Å²) in [5, 5.41) is 16.1. The summed E-state index contributed by atoms with van der Waals surface area (Å²) in [5.41, 5.74) is -0.843. The Balaban J connectivity index is 3.04. The molecule has 1 unspecified atom stereocenters. The summed E-state index contributed by atoms with van der Waals surface area (Å²) in [5.74, 6) is 0. The molecule has 0 rings (SSSR count). The van der Waals surface area contributed by atoms with Crippen LogP contribution in [-0.2, 0) is 0 Å². The maximum absolute atomic E-state index is 8.27. The highest BCUT2D eigenvalue weighted by Crippen LogP contribution is 1.97. The second-order valence-corrected chi connectivity index (χ2v) is 1.64. The fourth-order valence-electron chi connectivity index (χ4n) is 0.0527. The van der Waals surface area contributed by atoms with E-state index in [-0.39, 0.29) is 0 Å². The molecule has 0 fully saturated rings. The molecule has 3 heteroatoms. The minimum atomic E-state index is -0.843. The van der Waals surface area contributed by atoms with Gasteiger partial charge in [-0.1, -0.05) is 0 Å². The van der Waals surface area contributed by atoms with Crippen LogP contribution in [0.4, 0.5) is 0 Å². The van der Waals surface area contributed by atoms with Crippen LogP contribution in [0.1, 0.15) is 0 Å². The van der Waals surface area contributed by atoms with Crippen LogP contribution in [-0.4, -0.2) is 16.8 Å². The number of hydrogen-bond acceptors (Lipinski definition) is 3. The monoisotopic (exact) mass is 103 g/mol. The van der Waals surface area contributed by atoms with E-state index in [1.807, 2.05) is 0 Å². The highest BCUT2D eigenvalue weighted by atomic mass is 32.2. The lowest BCUT2D eigenvalue weighted by molar-refractivity contribution is 0.316. The Morgan fingerprint density at radius 1 is 2.00 bits per heavy atom. The minimum Gasteiger partial charge on any atom is -0.369 e. The van der Waals surface area contributed by atoms with Gasteiger partial charge in [-0.05, 0) is 6.26 Å². The van der Waals surface area contributed by atoms with Crippen LogP contribution in [0.5, 0.6) is 0 Å². The Morgan fingerprint density at radius 2 is 2.50 bits per heavy atom. The van der Waals surface area contributed by atoms with E-state index < -0.39 is 5.44 Å². The number of nitrogens with zero attached hydrogens (tertiary/aromatic N) is 1. The first kappa shape index (κ1) is 5.80. The average Bonchev–Trinajstić information content (AvgIpc) is 1.65. The molecule has 0 aromatic rings. The summed E-state index contributed by atoms with van der Waals surface area (Å²) in [7, 11) is 0. The molecule has 0 aliphatic heterocycles. The number of rotatable bonds is 1. The maximum atomic E-state index is 8.27. The third-order valence-electron chi connectivity index (χ3n) is 0.334. The Morgan fingerprint density at radius 3 is 2.50 bits per heavy atom. The van der Waals surface area contributed by atoms with E-state index >= 15 is 0 Å². The smallest absolute Gasteiger partial charge is 0.187 e. The van der Waals surface area contributed by atoms with E-state index in [4.69, 9.17) is 10.4 Å². The molecule has 1 N–H and O–H groups in total. The SMILES string of the molecule is CSC(O)C#N. The minimum absolute atomic E-state index is 0.843. The molecule has 1 atom stereocenters. The largest absolute Gasteiger partial charge is 0.369 e. The van der Waals surface area contributed by atoms with Crippen LogP contribution in [0.15, 0.2) is 0 Å². The molecule has 0 spiro atoms. The summed E-state index contributed by atoms with van der Waals surface area (Å²) in [6.07, 6.45) is 1.67. The lowest BCUT2D eigenvalue weighted by Crippen LogP contribution is -1.91. The van der Waals surface area contributed by atoms with Crippen molar-refractivity contribution in [3.05, 3.63) is 0 Å². The molecule has 6 heavy (non-hydrogen) atoms. The predicted octanol–water partition coefficient (Wildman–Crippen LogP) is 0.191. The van der Waals surface area contributed by atoms with Gasteiger partial charge in [-0.2, -0.15) is 5.26 Å². The summed E-state index contributed by atoms with van der Waals surface area (Å²) in [6, 6.07) is 1.63. The van der Waals surface area contributed by atoms with Crippen LogP contribution in [0.3, 0.4) is 0 Å². The quantitative estimate of drug-likeness (QED) is 0.380. The Labute approximate surface area is 40.8 Å². The normalized spacial score (nSPS) is 12.8. The third kappa shape index (κ3) is 2.06. The molecule has 0 saturated heterocycles. The number of aliphatic hydroxyl groups is 1. The molecule has 0 aliphatic carbocycles. The molecule has 0 bridgehead atoms. The van der Waals surface area contributed by atoms with Crippen molar-refractivity contribution in [1.29, 1.82) is 5.26 Å². The van der Waals surface area contributed by atoms with Crippen molar-refractivity contribution in [2.75, 3.05) is 6.26 Å². The van der Waals surface area contributed by atoms with Gasteiger partial charge in [0.05, 0.1) is 0 Å². The average molecular weight is 103 g/mol. The van der Waals surface area contributed by atoms with E-state index in [9.17, 15) is 0 Å². The fraction of sp³-hybridized carbons (Fsp3) is 0.667. The van der Waals surface area contributed by atoms with Gasteiger partial charge < -0.3 is 5.11 Å². The Hall–Kier alpha value is -0.200. The maximum Gasteiger partial charge on any atom is 0.187 e. The van der Waals surface area contributed by atoms with E-state index in [2.05, 4.69) is 0 Å². The van der Waals surface area contributed by atoms with Gasteiger partial charge in [0.1, 0.15) is 6.07 Å². The lowest BCUT2D eigenvalue weighted by atomic mass is 10.8. The van der Waals surface area contributed by atoms with Crippen molar-refractivity contribution in [2.24, 2.45) is 0 Å². The first-order valence-electron chi connectivity index (χ1n) is 1.41. The molecule has 0 amide bonds. The first-order valence-corrected chi connectivity index (χ1v) is 2.70. The van der Waals surface area contributed by atoms with E-state index in [1.165, 1.54) is 0 Å². The van der Waals surface area contributed by atoms with Crippen LogP contribution in [0, 0.1) is 11.3 Å². The van der Waals surface area contributed by atoms with E-state index in [0.29, 0.717) is 0 Å². The molecule has 34 valence electrons. The highest BCUT2D eigenvalue weighted by Gasteiger charge is 1.91. The van der Waals surface area contributed by atoms with Crippen molar-refractivity contribution in [2.45, 2.75) is 5.44 Å². The van der Waals surface area contributed by atoms with Crippen LogP contribution < -0.4 is 0 Å². The van der Waals surface area contributed by atoms with Gasteiger partial charge in [-0.25, -0.2) is 0 Å². The van der Waals surface area contributed by atoms with Gasteiger partial charge in [0, 0.05) is 0 Å². The molecule has 0 saturated carbocycles. The van der Waals surface area contributed by atoms with E-state index in [1.54, 1.807) is 12.3 Å². The standard InChI is InChI=1S/C3H5NOS/c1-6-3(5)2-4/h3,5H,1H3. The lowest BCUT2D eigenvalue weighted by Gasteiger charge is -1.87. The Bertz CT molecular complexity index is 67.7. The predicted molar refractivity (Wildman–Crippen MR) is 25.1 cm³/mol. The highest BCUT2D eigenvalue weighted by molar-refractivity contribution is 7.99. The number of aliphatic hydroxyl groups excluding tert-OH is 1. The van der Waals surface area contributed by atoms with Crippen molar-refractivity contribution < 1.29 is 5.11 Å². The van der Waals surface area contributed by atoms with Crippen molar-refractivity contribution >= 4 is 11.8 Å². The zero-order chi connectivity index (χ0) is 4.99. The van der Waals surface area contributed by atoms with Crippen LogP contribution in [0.25, 0.3) is 0 Å². The number of nitriles is 1. The second kappa shape index (κ2) is 3.01. The zero-order valence-corrected chi connectivity index (χ0v) is 4.20. The summed E-state index contributed by atoms with van der Waals surface area (Å²) in [6.45, 7) is 0. The third-order valence-corrected chi connectivity index (χ3v) is 0.886. The van der Waals surface area contributed by atoms with Gasteiger partial charge in [-0.3, -0.25) is 0 Å². The van der Waals surface area contributed by atoms with Crippen molar-refractivity contribution in [1.82, 2.24) is 0 Å². The molecule has 2 nitrogen and oxygen atoms in total. The first-order chi connectivity index (χ1) is 2.81. The van der Waals surface area contributed by atoms with Crippen LogP contribution in [0.2, 0.25) is 0 Å². The molecule has 0 radical (unpaired) electrons. The number of hydrogen-bond donors (Lipinski definition) is 1. The van der Waals surface area contributed by atoms with Gasteiger partial charge in [0.25, 0.3) is 0 Å².